The molecule has 1 saturated heterocycles. The summed E-state index contributed by atoms with van der Waals surface area (Å²) in [6, 6.07) is 23.9. The molecule has 0 spiro atoms. The average molecular weight is 627 g/mol. The van der Waals surface area contributed by atoms with E-state index in [0.717, 1.165) is 56.3 Å². The number of aromatic nitrogens is 1. The van der Waals surface area contributed by atoms with E-state index in [1.807, 2.05) is 54.6 Å². The van der Waals surface area contributed by atoms with Gasteiger partial charge in [-0.05, 0) is 78.9 Å². The van der Waals surface area contributed by atoms with Crippen LogP contribution in [0.2, 0.25) is 0 Å². The zero-order valence-corrected chi connectivity index (χ0v) is 25.7. The lowest BCUT2D eigenvalue weighted by Crippen LogP contribution is -2.38. The third-order valence-electron chi connectivity index (χ3n) is 8.95. The van der Waals surface area contributed by atoms with Gasteiger partial charge in [0.05, 0.1) is 11.6 Å². The van der Waals surface area contributed by atoms with Crippen molar-refractivity contribution in [3.63, 3.8) is 0 Å². The van der Waals surface area contributed by atoms with Gasteiger partial charge in [-0.2, -0.15) is 13.2 Å². The van der Waals surface area contributed by atoms with E-state index in [-0.39, 0.29) is 11.9 Å². The number of nitrogens with one attached hydrogen (secondary N) is 2. The van der Waals surface area contributed by atoms with Crippen LogP contribution in [0.5, 0.6) is 0 Å². The lowest BCUT2D eigenvalue weighted by Gasteiger charge is -2.36. The van der Waals surface area contributed by atoms with Crippen LogP contribution in [0.4, 0.5) is 18.9 Å². The van der Waals surface area contributed by atoms with Crippen molar-refractivity contribution in [2.45, 2.75) is 57.2 Å². The number of hydrogen-bond donors (Lipinski definition) is 2. The molecule has 2 aliphatic rings. The first-order valence-corrected chi connectivity index (χ1v) is 15.9. The molecule has 0 bridgehead atoms. The zero-order valence-electron chi connectivity index (χ0n) is 25.7. The van der Waals surface area contributed by atoms with E-state index in [1.54, 1.807) is 30.5 Å². The number of piperidine rings is 1. The van der Waals surface area contributed by atoms with Crippen LogP contribution in [0.3, 0.4) is 0 Å². The molecule has 3 aromatic carbocycles. The number of amides is 2. The monoisotopic (exact) mass is 626 g/mol. The molecule has 1 aliphatic heterocycles. The second-order valence-corrected chi connectivity index (χ2v) is 12.0. The maximum absolute atomic E-state index is 14.0. The van der Waals surface area contributed by atoms with Crippen LogP contribution in [0, 0.1) is 0 Å². The van der Waals surface area contributed by atoms with E-state index in [2.05, 4.69) is 27.4 Å². The fraction of sp³-hybridized carbons (Fsp3) is 0.324. The number of pyridine rings is 1. The van der Waals surface area contributed by atoms with E-state index < -0.39 is 24.5 Å². The van der Waals surface area contributed by atoms with Crippen LogP contribution in [0.25, 0.3) is 22.4 Å². The summed E-state index contributed by atoms with van der Waals surface area (Å²) in [6.45, 7) is 2.54. The first-order valence-electron chi connectivity index (χ1n) is 15.9. The van der Waals surface area contributed by atoms with Gasteiger partial charge in [0.2, 0.25) is 5.91 Å². The maximum Gasteiger partial charge on any atom is 0.405 e. The van der Waals surface area contributed by atoms with Gasteiger partial charge in [-0.15, -0.1) is 0 Å². The highest BCUT2D eigenvalue weighted by Gasteiger charge is 2.41. The number of anilines is 1. The smallest absolute Gasteiger partial charge is 0.346 e. The topological polar surface area (TPSA) is 74.3 Å². The van der Waals surface area contributed by atoms with Crippen LogP contribution >= 0.6 is 0 Å². The van der Waals surface area contributed by atoms with Crippen LogP contribution in [0.15, 0.2) is 85.1 Å². The number of benzene rings is 3. The number of rotatable bonds is 9. The highest BCUT2D eigenvalue weighted by atomic mass is 19.4. The minimum absolute atomic E-state index is 0.0130. The summed E-state index contributed by atoms with van der Waals surface area (Å²) in [7, 11) is 0. The van der Waals surface area contributed by atoms with Gasteiger partial charge in [-0.1, -0.05) is 74.4 Å². The highest BCUT2D eigenvalue weighted by molar-refractivity contribution is 6.11. The number of halogens is 3. The van der Waals surface area contributed by atoms with Crippen LogP contribution in [-0.4, -0.2) is 47.5 Å². The normalized spacial score (nSPS) is 16.7. The molecule has 2 heterocycles. The van der Waals surface area contributed by atoms with E-state index in [0.29, 0.717) is 39.2 Å². The number of fused-ring (bicyclic) bond motifs is 3. The molecule has 4 aromatic rings. The first-order chi connectivity index (χ1) is 22.3. The lowest BCUT2D eigenvalue weighted by molar-refractivity contribution is -0.138. The molecule has 6 nitrogen and oxygen atoms in total. The summed E-state index contributed by atoms with van der Waals surface area (Å²) in [6.07, 6.45) is 2.16. The van der Waals surface area contributed by atoms with Gasteiger partial charge in [-0.3, -0.25) is 19.5 Å². The van der Waals surface area contributed by atoms with E-state index >= 15 is 0 Å². The molecule has 46 heavy (non-hydrogen) atoms. The van der Waals surface area contributed by atoms with Crippen molar-refractivity contribution in [1.29, 1.82) is 0 Å². The molecular weight excluding hydrogens is 589 g/mol. The van der Waals surface area contributed by atoms with Crippen molar-refractivity contribution in [1.82, 2.24) is 15.2 Å². The molecule has 2 amide bonds. The third-order valence-corrected chi connectivity index (χ3v) is 8.95. The Balaban J connectivity index is 1.48. The minimum atomic E-state index is -4.55. The highest BCUT2D eigenvalue weighted by Crippen LogP contribution is 2.52. The minimum Gasteiger partial charge on any atom is -0.346 e. The Morgan fingerprint density at radius 1 is 0.913 bits per heavy atom. The van der Waals surface area contributed by atoms with E-state index in [9.17, 15) is 22.8 Å². The van der Waals surface area contributed by atoms with Gasteiger partial charge < -0.3 is 10.6 Å². The molecule has 238 valence electrons. The van der Waals surface area contributed by atoms with Gasteiger partial charge in [-0.25, -0.2) is 0 Å². The average Bonchev–Trinajstić information content (AvgIpc) is 3.43. The van der Waals surface area contributed by atoms with E-state index in [4.69, 9.17) is 0 Å². The van der Waals surface area contributed by atoms with Gasteiger partial charge in [0.25, 0.3) is 5.91 Å². The van der Waals surface area contributed by atoms with Gasteiger partial charge >= 0.3 is 6.18 Å². The number of hydrogen-bond acceptors (Lipinski definition) is 4. The van der Waals surface area contributed by atoms with Crippen molar-refractivity contribution < 1.29 is 22.8 Å². The summed E-state index contributed by atoms with van der Waals surface area (Å²) >= 11 is 0. The predicted octanol–water partition coefficient (Wildman–Crippen LogP) is 8.12. The molecule has 6 rings (SSSR count). The summed E-state index contributed by atoms with van der Waals surface area (Å²) in [5.41, 5.74) is 5.90. The summed E-state index contributed by atoms with van der Waals surface area (Å²) in [5, 5.41) is 5.27. The van der Waals surface area contributed by atoms with E-state index in [1.165, 1.54) is 0 Å². The fourth-order valence-corrected chi connectivity index (χ4v) is 6.98. The Morgan fingerprint density at radius 2 is 1.63 bits per heavy atom. The second kappa shape index (κ2) is 13.5. The fourth-order valence-electron chi connectivity index (χ4n) is 6.98. The Bertz CT molecular complexity index is 1720. The van der Waals surface area contributed by atoms with Gasteiger partial charge in [0, 0.05) is 34.6 Å². The largest absolute Gasteiger partial charge is 0.405 e. The molecule has 1 aromatic heterocycles. The lowest BCUT2D eigenvalue weighted by atomic mass is 9.85. The second-order valence-electron chi connectivity index (χ2n) is 12.0. The number of likely N-dealkylation sites (tertiary alicyclic amines) is 1. The standard InChI is InChI=1S/C37H37F3N4O2/c1-2-12-31(44-21-10-3-11-22-44)28-18-19-30(43-35(45)27-16-7-4-13-24(27)29-17-8-9-20-41-29)32-25-14-5-6-15-26(25)34(33(28)32)36(46)42-23-37(38,39)40/h4-9,13-20,31,34H,2-3,10-12,21-23H2,1H3,(H,42,46)(H,43,45). The number of alkyl halides is 3. The molecule has 2 N–H and O–H groups in total. The van der Waals surface area contributed by atoms with Crippen molar-refractivity contribution in [3.05, 3.63) is 107 Å². The summed E-state index contributed by atoms with van der Waals surface area (Å²) in [5.74, 6) is -2.01. The number of carbonyl (C=O) groups is 2. The Morgan fingerprint density at radius 3 is 2.35 bits per heavy atom. The van der Waals surface area contributed by atoms with Gasteiger partial charge in [0.1, 0.15) is 6.54 Å². The van der Waals surface area contributed by atoms with Crippen LogP contribution in [0.1, 0.15) is 78.0 Å². The first kappa shape index (κ1) is 31.5. The van der Waals surface area contributed by atoms with Crippen molar-refractivity contribution >= 4 is 17.5 Å². The molecule has 1 fully saturated rings. The van der Waals surface area contributed by atoms with Crippen LogP contribution < -0.4 is 10.6 Å². The third kappa shape index (κ3) is 6.42. The van der Waals surface area contributed by atoms with Crippen molar-refractivity contribution in [3.8, 4) is 22.4 Å². The summed E-state index contributed by atoms with van der Waals surface area (Å²) in [4.78, 5) is 34.6. The molecule has 0 saturated carbocycles. The van der Waals surface area contributed by atoms with Crippen LogP contribution in [-0.2, 0) is 4.79 Å². The Hall–Kier alpha value is -4.50. The molecule has 2 unspecified atom stereocenters. The molecule has 2 atom stereocenters. The molecular formula is C37H37F3N4O2. The Labute approximate surface area is 267 Å². The SMILES string of the molecule is CCCC(c1ccc(NC(=O)c2ccccc2-c2ccccn2)c2c1C(C(=O)NCC(F)(F)F)c1ccccc1-2)N1CCCCC1. The molecule has 1 aliphatic carbocycles. The Kier molecular flexibility index (Phi) is 9.22. The number of nitrogens with zero attached hydrogens (tertiary/aromatic N) is 2. The molecule has 9 heteroatoms. The van der Waals surface area contributed by atoms with Crippen molar-refractivity contribution in [2.75, 3.05) is 25.0 Å². The van der Waals surface area contributed by atoms with Gasteiger partial charge in [0.15, 0.2) is 0 Å². The quantitative estimate of drug-likeness (QED) is 0.197. The molecule has 0 radical (unpaired) electrons. The number of carbonyl (C=O) groups excluding carboxylic acids is 2. The predicted molar refractivity (Wildman–Crippen MR) is 173 cm³/mol. The maximum atomic E-state index is 14.0. The summed E-state index contributed by atoms with van der Waals surface area (Å²) < 4.78 is 39.9. The van der Waals surface area contributed by atoms with Crippen molar-refractivity contribution in [2.24, 2.45) is 0 Å². The zero-order chi connectivity index (χ0) is 32.3.